The van der Waals surface area contributed by atoms with Crippen LogP contribution in [0.4, 0.5) is 23.5 Å². The van der Waals surface area contributed by atoms with Crippen LogP contribution < -0.4 is 10.1 Å². The third-order valence-electron chi connectivity index (χ3n) is 7.32. The van der Waals surface area contributed by atoms with Crippen molar-refractivity contribution >= 4 is 22.5 Å². The van der Waals surface area contributed by atoms with Crippen LogP contribution in [0.3, 0.4) is 0 Å². The van der Waals surface area contributed by atoms with Crippen molar-refractivity contribution in [1.82, 2.24) is 34.5 Å². The van der Waals surface area contributed by atoms with Crippen LogP contribution >= 0.6 is 0 Å². The minimum atomic E-state index is -4.47. The summed E-state index contributed by atoms with van der Waals surface area (Å²) in [5, 5.41) is 15.2. The number of hydrogen-bond donors (Lipinski definition) is 1. The van der Waals surface area contributed by atoms with Gasteiger partial charge in [-0.05, 0) is 37.1 Å². The van der Waals surface area contributed by atoms with Crippen LogP contribution in [0, 0.1) is 0 Å². The van der Waals surface area contributed by atoms with E-state index in [9.17, 15) is 17.6 Å². The molecule has 1 N–H and O–H groups in total. The van der Waals surface area contributed by atoms with Gasteiger partial charge in [0.15, 0.2) is 0 Å². The molecule has 202 valence electrons. The molecule has 3 aromatic heterocycles. The standard InChI is InChI=1S/C24H26F4N8O2/c1-13(24(26,27)28)36-20-9-14(3-4-19(20)31-33-36)16-5-8-35-21(16)22(37-2)30-23(32-35)29-18-6-7-34(10-17(18)25)15-11-38-12-15/h3-5,8-9,13,15,17-18H,6-7,10-12H2,1-2H3,(H,29,32)/t13-,17-,18+/m1/s1. The number of nitrogens with zero attached hydrogens (tertiary/aromatic N) is 7. The summed E-state index contributed by atoms with van der Waals surface area (Å²) in [5.74, 6) is 0.471. The zero-order valence-corrected chi connectivity index (χ0v) is 20.7. The van der Waals surface area contributed by atoms with Crippen LogP contribution in [0.2, 0.25) is 0 Å². The Morgan fingerprint density at radius 3 is 2.71 bits per heavy atom. The molecule has 0 saturated carbocycles. The van der Waals surface area contributed by atoms with Crippen molar-refractivity contribution in [2.24, 2.45) is 0 Å². The molecule has 3 atom stereocenters. The Balaban J connectivity index is 1.30. The number of benzene rings is 1. The van der Waals surface area contributed by atoms with E-state index in [1.54, 1.807) is 35.0 Å². The Morgan fingerprint density at radius 1 is 1.21 bits per heavy atom. The lowest BCUT2D eigenvalue weighted by Crippen LogP contribution is -2.57. The number of aromatic nitrogens is 6. The van der Waals surface area contributed by atoms with E-state index >= 15 is 0 Å². The van der Waals surface area contributed by atoms with Gasteiger partial charge in [0.1, 0.15) is 23.2 Å². The summed E-state index contributed by atoms with van der Waals surface area (Å²) >= 11 is 0. The number of hydrogen-bond acceptors (Lipinski definition) is 8. The number of likely N-dealkylation sites (tertiary alicyclic amines) is 1. The van der Waals surface area contributed by atoms with Crippen molar-refractivity contribution in [3.05, 3.63) is 30.5 Å². The molecular formula is C24H26F4N8O2. The molecule has 2 fully saturated rings. The number of fused-ring (bicyclic) bond motifs is 2. The van der Waals surface area contributed by atoms with Gasteiger partial charge < -0.3 is 14.8 Å². The zero-order valence-electron chi connectivity index (χ0n) is 20.7. The van der Waals surface area contributed by atoms with Crippen molar-refractivity contribution in [2.75, 3.05) is 38.7 Å². The first-order valence-electron chi connectivity index (χ1n) is 12.3. The number of rotatable bonds is 6. The second-order valence-electron chi connectivity index (χ2n) is 9.66. The topological polar surface area (TPSA) is 94.6 Å². The van der Waals surface area contributed by atoms with Gasteiger partial charge in [-0.3, -0.25) is 4.90 Å². The predicted octanol–water partition coefficient (Wildman–Crippen LogP) is 3.50. The molecule has 0 amide bonds. The van der Waals surface area contributed by atoms with Gasteiger partial charge in [0.25, 0.3) is 0 Å². The number of nitrogens with one attached hydrogen (secondary N) is 1. The Bertz CT molecular complexity index is 1470. The minimum absolute atomic E-state index is 0.223. The quantitative estimate of drug-likeness (QED) is 0.376. The number of methoxy groups -OCH3 is 1. The first kappa shape index (κ1) is 24.8. The summed E-state index contributed by atoms with van der Waals surface area (Å²) < 4.78 is 68.3. The maximum Gasteiger partial charge on any atom is 0.410 e. The van der Waals surface area contributed by atoms with E-state index in [-0.39, 0.29) is 23.4 Å². The molecule has 10 nitrogen and oxygen atoms in total. The fourth-order valence-corrected chi connectivity index (χ4v) is 4.98. The van der Waals surface area contributed by atoms with Gasteiger partial charge in [-0.15, -0.1) is 10.2 Å². The summed E-state index contributed by atoms with van der Waals surface area (Å²) in [6, 6.07) is 4.74. The lowest BCUT2D eigenvalue weighted by atomic mass is 10.0. The minimum Gasteiger partial charge on any atom is -0.479 e. The van der Waals surface area contributed by atoms with E-state index < -0.39 is 24.4 Å². The van der Waals surface area contributed by atoms with Crippen LogP contribution in [-0.2, 0) is 4.74 Å². The molecule has 14 heteroatoms. The van der Waals surface area contributed by atoms with Crippen LogP contribution in [0.1, 0.15) is 19.4 Å². The molecule has 0 unspecified atom stereocenters. The van der Waals surface area contributed by atoms with Crippen molar-refractivity contribution < 1.29 is 27.0 Å². The highest BCUT2D eigenvalue weighted by molar-refractivity contribution is 5.89. The largest absolute Gasteiger partial charge is 0.479 e. The molecule has 38 heavy (non-hydrogen) atoms. The highest BCUT2D eigenvalue weighted by atomic mass is 19.4. The van der Waals surface area contributed by atoms with Crippen LogP contribution in [-0.4, -0.2) is 92.3 Å². The van der Waals surface area contributed by atoms with Gasteiger partial charge in [-0.2, -0.15) is 18.2 Å². The molecule has 6 rings (SSSR count). The van der Waals surface area contributed by atoms with E-state index in [4.69, 9.17) is 9.47 Å². The van der Waals surface area contributed by atoms with E-state index in [1.807, 2.05) is 0 Å². The molecule has 2 aliphatic heterocycles. The Morgan fingerprint density at radius 2 is 2.03 bits per heavy atom. The van der Waals surface area contributed by atoms with Crippen molar-refractivity contribution in [3.63, 3.8) is 0 Å². The SMILES string of the molecule is COc1nc(N[C@H]2CCN(C3COC3)C[C@H]2F)nn2ccc(-c3ccc4nnn([C@H](C)C(F)(F)F)c4c3)c12. The Hall–Kier alpha value is -3.52. The lowest BCUT2D eigenvalue weighted by molar-refractivity contribution is -0.164. The average Bonchev–Trinajstić information content (AvgIpc) is 3.47. The van der Waals surface area contributed by atoms with Crippen molar-refractivity contribution in [2.45, 2.75) is 43.8 Å². The fraction of sp³-hybridized carbons (Fsp3) is 0.500. The first-order valence-corrected chi connectivity index (χ1v) is 12.3. The molecule has 0 aliphatic carbocycles. The van der Waals surface area contributed by atoms with Gasteiger partial charge in [0.05, 0.1) is 37.9 Å². The molecule has 2 saturated heterocycles. The van der Waals surface area contributed by atoms with Gasteiger partial charge in [0, 0.05) is 24.8 Å². The molecule has 5 heterocycles. The summed E-state index contributed by atoms with van der Waals surface area (Å²) in [6.45, 7) is 3.39. The Kier molecular flexibility index (Phi) is 6.10. The molecular weight excluding hydrogens is 508 g/mol. The molecule has 1 aromatic carbocycles. The maximum atomic E-state index is 15.0. The highest BCUT2D eigenvalue weighted by Crippen LogP contribution is 2.35. The Labute approximate surface area is 214 Å². The normalized spacial score (nSPS) is 22.1. The second kappa shape index (κ2) is 9.34. The first-order chi connectivity index (χ1) is 18.2. The summed E-state index contributed by atoms with van der Waals surface area (Å²) in [7, 11) is 1.47. The van der Waals surface area contributed by atoms with E-state index in [1.165, 1.54) is 7.11 Å². The van der Waals surface area contributed by atoms with Crippen LogP contribution in [0.5, 0.6) is 5.88 Å². The number of ether oxygens (including phenoxy) is 2. The molecule has 4 aromatic rings. The molecule has 2 aliphatic rings. The smallest absolute Gasteiger partial charge is 0.410 e. The zero-order chi connectivity index (χ0) is 26.6. The average molecular weight is 535 g/mol. The van der Waals surface area contributed by atoms with Crippen molar-refractivity contribution in [3.8, 4) is 17.0 Å². The van der Waals surface area contributed by atoms with E-state index in [0.717, 1.165) is 18.2 Å². The van der Waals surface area contributed by atoms with Crippen LogP contribution in [0.25, 0.3) is 27.7 Å². The van der Waals surface area contributed by atoms with Crippen LogP contribution in [0.15, 0.2) is 30.5 Å². The fourth-order valence-electron chi connectivity index (χ4n) is 4.98. The van der Waals surface area contributed by atoms with E-state index in [0.29, 0.717) is 48.3 Å². The number of halogens is 4. The van der Waals surface area contributed by atoms with Gasteiger partial charge in [-0.1, -0.05) is 11.3 Å². The lowest BCUT2D eigenvalue weighted by Gasteiger charge is -2.42. The molecule has 0 spiro atoms. The van der Waals surface area contributed by atoms with Crippen molar-refractivity contribution in [1.29, 1.82) is 0 Å². The summed E-state index contributed by atoms with van der Waals surface area (Å²) in [5.41, 5.74) is 2.40. The number of piperidine rings is 1. The summed E-state index contributed by atoms with van der Waals surface area (Å²) in [6.07, 6.45) is -3.28. The molecule has 0 radical (unpaired) electrons. The monoisotopic (exact) mass is 534 g/mol. The van der Waals surface area contributed by atoms with E-state index in [2.05, 4.69) is 30.6 Å². The maximum absolute atomic E-state index is 15.0. The number of alkyl halides is 4. The predicted molar refractivity (Wildman–Crippen MR) is 130 cm³/mol. The third kappa shape index (κ3) is 4.30. The highest BCUT2D eigenvalue weighted by Gasteiger charge is 2.39. The molecule has 0 bridgehead atoms. The van der Waals surface area contributed by atoms with Gasteiger partial charge in [-0.25, -0.2) is 13.6 Å². The van der Waals surface area contributed by atoms with Gasteiger partial charge >= 0.3 is 6.18 Å². The van der Waals surface area contributed by atoms with Gasteiger partial charge in [0.2, 0.25) is 11.8 Å². The third-order valence-corrected chi connectivity index (χ3v) is 7.32. The summed E-state index contributed by atoms with van der Waals surface area (Å²) in [4.78, 5) is 6.59. The number of anilines is 1. The second-order valence-corrected chi connectivity index (χ2v) is 9.66.